The highest BCUT2D eigenvalue weighted by Crippen LogP contribution is 2.23. The van der Waals surface area contributed by atoms with Crippen LogP contribution in [0.25, 0.3) is 0 Å². The second kappa shape index (κ2) is 6.26. The molecule has 1 fully saturated rings. The van der Waals surface area contributed by atoms with Crippen molar-refractivity contribution in [3.8, 4) is 0 Å². The number of nitrogens with one attached hydrogen (secondary N) is 2. The standard InChI is InChI=1S/C9H16N2O6/c1-16-4-17-7-3-5(10-8(12)13)2-6(7)11-9(14)15/h5-7,10-11H,2-4H2,1H3,(H,12,13)(H,14,15)/t5-,6+,7+/m1/s1. The van der Waals surface area contributed by atoms with Gasteiger partial charge in [0.15, 0.2) is 0 Å². The van der Waals surface area contributed by atoms with Gasteiger partial charge < -0.3 is 30.3 Å². The van der Waals surface area contributed by atoms with Gasteiger partial charge in [0.25, 0.3) is 0 Å². The fraction of sp³-hybridized carbons (Fsp3) is 0.778. The lowest BCUT2D eigenvalue weighted by molar-refractivity contribution is -0.0763. The molecule has 8 heteroatoms. The van der Waals surface area contributed by atoms with Crippen molar-refractivity contribution in [1.29, 1.82) is 0 Å². The van der Waals surface area contributed by atoms with Gasteiger partial charge in [-0.3, -0.25) is 0 Å². The average Bonchev–Trinajstić information content (AvgIpc) is 2.55. The highest BCUT2D eigenvalue weighted by molar-refractivity contribution is 5.66. The number of methoxy groups -OCH3 is 1. The summed E-state index contributed by atoms with van der Waals surface area (Å²) in [5, 5.41) is 21.9. The predicted octanol–water partition coefficient (Wildman–Crippen LogP) is 0.0417. The van der Waals surface area contributed by atoms with Gasteiger partial charge in [-0.15, -0.1) is 0 Å². The quantitative estimate of drug-likeness (QED) is 0.510. The molecule has 0 unspecified atom stereocenters. The van der Waals surface area contributed by atoms with Crippen LogP contribution in [0.15, 0.2) is 0 Å². The van der Waals surface area contributed by atoms with Crippen molar-refractivity contribution in [1.82, 2.24) is 10.6 Å². The average molecular weight is 248 g/mol. The van der Waals surface area contributed by atoms with Gasteiger partial charge in [0.05, 0.1) is 12.1 Å². The van der Waals surface area contributed by atoms with Crippen LogP contribution in [0, 0.1) is 0 Å². The molecule has 0 aliphatic heterocycles. The number of rotatable bonds is 5. The molecular weight excluding hydrogens is 232 g/mol. The first kappa shape index (κ1) is 13.5. The van der Waals surface area contributed by atoms with E-state index >= 15 is 0 Å². The van der Waals surface area contributed by atoms with Crippen molar-refractivity contribution < 1.29 is 29.3 Å². The lowest BCUT2D eigenvalue weighted by Crippen LogP contribution is -2.40. The summed E-state index contributed by atoms with van der Waals surface area (Å²) in [5.41, 5.74) is 0. The van der Waals surface area contributed by atoms with Crippen LogP contribution < -0.4 is 10.6 Å². The number of amides is 2. The molecule has 0 saturated heterocycles. The number of hydrogen-bond acceptors (Lipinski definition) is 4. The SMILES string of the molecule is COCO[C@H]1C[C@H](NC(=O)O)C[C@@H]1NC(=O)O. The summed E-state index contributed by atoms with van der Waals surface area (Å²) in [5.74, 6) is 0. The van der Waals surface area contributed by atoms with Crippen LogP contribution in [0.5, 0.6) is 0 Å². The molecule has 4 N–H and O–H groups in total. The Morgan fingerprint density at radius 1 is 1.24 bits per heavy atom. The van der Waals surface area contributed by atoms with Crippen LogP contribution in [0.2, 0.25) is 0 Å². The summed E-state index contributed by atoms with van der Waals surface area (Å²) < 4.78 is 10.0. The fourth-order valence-electron chi connectivity index (χ4n) is 1.94. The van der Waals surface area contributed by atoms with Crippen molar-refractivity contribution >= 4 is 12.2 Å². The van der Waals surface area contributed by atoms with Gasteiger partial charge in [0, 0.05) is 13.2 Å². The van der Waals surface area contributed by atoms with Crippen LogP contribution in [-0.2, 0) is 9.47 Å². The zero-order valence-electron chi connectivity index (χ0n) is 9.38. The second-order valence-electron chi connectivity index (χ2n) is 3.79. The number of hydrogen-bond donors (Lipinski definition) is 4. The van der Waals surface area contributed by atoms with E-state index in [9.17, 15) is 9.59 Å². The molecule has 0 aromatic carbocycles. The Bertz CT molecular complexity index is 285. The van der Waals surface area contributed by atoms with E-state index in [1.807, 2.05) is 0 Å². The van der Waals surface area contributed by atoms with E-state index in [0.29, 0.717) is 12.8 Å². The van der Waals surface area contributed by atoms with E-state index in [-0.39, 0.29) is 18.9 Å². The summed E-state index contributed by atoms with van der Waals surface area (Å²) in [6, 6.07) is -0.745. The van der Waals surface area contributed by atoms with E-state index in [4.69, 9.17) is 19.7 Å². The molecule has 1 rings (SSSR count). The van der Waals surface area contributed by atoms with Crippen molar-refractivity contribution in [2.45, 2.75) is 31.0 Å². The van der Waals surface area contributed by atoms with Crippen LogP contribution >= 0.6 is 0 Å². The third-order valence-corrected chi connectivity index (χ3v) is 2.54. The third kappa shape index (κ3) is 4.45. The largest absolute Gasteiger partial charge is 0.465 e. The monoisotopic (exact) mass is 248 g/mol. The van der Waals surface area contributed by atoms with Crippen LogP contribution in [0.3, 0.4) is 0 Å². The molecule has 8 nitrogen and oxygen atoms in total. The Morgan fingerprint density at radius 2 is 1.88 bits per heavy atom. The molecule has 0 spiro atoms. The Kier molecular flexibility index (Phi) is 4.98. The molecule has 2 amide bonds. The molecular formula is C9H16N2O6. The minimum Gasteiger partial charge on any atom is -0.465 e. The van der Waals surface area contributed by atoms with E-state index in [1.165, 1.54) is 7.11 Å². The third-order valence-electron chi connectivity index (χ3n) is 2.54. The van der Waals surface area contributed by atoms with Crippen molar-refractivity contribution in [2.75, 3.05) is 13.9 Å². The highest BCUT2D eigenvalue weighted by atomic mass is 16.7. The minimum atomic E-state index is -1.16. The summed E-state index contributed by atoms with van der Waals surface area (Å²) in [4.78, 5) is 21.1. The van der Waals surface area contributed by atoms with E-state index in [0.717, 1.165) is 0 Å². The normalized spacial score (nSPS) is 27.7. The second-order valence-corrected chi connectivity index (χ2v) is 3.79. The zero-order valence-corrected chi connectivity index (χ0v) is 9.38. The van der Waals surface area contributed by atoms with E-state index < -0.39 is 18.2 Å². The van der Waals surface area contributed by atoms with Crippen molar-refractivity contribution in [3.05, 3.63) is 0 Å². The molecule has 1 saturated carbocycles. The van der Waals surface area contributed by atoms with Crippen molar-refractivity contribution in [3.63, 3.8) is 0 Å². The van der Waals surface area contributed by atoms with Gasteiger partial charge in [-0.2, -0.15) is 0 Å². The number of ether oxygens (including phenoxy) is 2. The van der Waals surface area contributed by atoms with Gasteiger partial charge in [0.2, 0.25) is 0 Å². The van der Waals surface area contributed by atoms with E-state index in [2.05, 4.69) is 10.6 Å². The minimum absolute atomic E-state index is 0.0439. The molecule has 0 aromatic rings. The van der Waals surface area contributed by atoms with Crippen molar-refractivity contribution in [2.24, 2.45) is 0 Å². The fourth-order valence-corrected chi connectivity index (χ4v) is 1.94. The lowest BCUT2D eigenvalue weighted by Gasteiger charge is -2.18. The zero-order chi connectivity index (χ0) is 12.8. The molecule has 98 valence electrons. The van der Waals surface area contributed by atoms with Gasteiger partial charge in [-0.1, -0.05) is 0 Å². The topological polar surface area (TPSA) is 117 Å². The van der Waals surface area contributed by atoms with Gasteiger partial charge >= 0.3 is 12.2 Å². The summed E-state index contributed by atoms with van der Waals surface area (Å²) in [6.45, 7) is 0.0439. The van der Waals surface area contributed by atoms with Crippen LogP contribution in [0.4, 0.5) is 9.59 Å². The van der Waals surface area contributed by atoms with Gasteiger partial charge in [-0.05, 0) is 12.8 Å². The maximum atomic E-state index is 10.6. The first-order chi connectivity index (χ1) is 8.02. The Labute approximate surface area is 97.9 Å². The maximum Gasteiger partial charge on any atom is 0.404 e. The summed E-state index contributed by atoms with van der Waals surface area (Å²) in [6.07, 6.45) is -1.88. The number of carbonyl (C=O) groups is 2. The first-order valence-corrected chi connectivity index (χ1v) is 5.12. The molecule has 0 heterocycles. The molecule has 3 atom stereocenters. The Hall–Kier alpha value is -1.54. The molecule has 0 bridgehead atoms. The first-order valence-electron chi connectivity index (χ1n) is 5.12. The van der Waals surface area contributed by atoms with Gasteiger partial charge in [0.1, 0.15) is 6.79 Å². The van der Waals surface area contributed by atoms with Crippen LogP contribution in [-0.4, -0.2) is 54.5 Å². The van der Waals surface area contributed by atoms with E-state index in [1.54, 1.807) is 0 Å². The Balaban J connectivity index is 2.51. The molecule has 17 heavy (non-hydrogen) atoms. The summed E-state index contributed by atoms with van der Waals surface area (Å²) >= 11 is 0. The smallest absolute Gasteiger partial charge is 0.404 e. The highest BCUT2D eigenvalue weighted by Gasteiger charge is 2.36. The molecule has 1 aliphatic carbocycles. The molecule has 0 aromatic heterocycles. The predicted molar refractivity (Wildman–Crippen MR) is 55.9 cm³/mol. The Morgan fingerprint density at radius 3 is 2.41 bits per heavy atom. The van der Waals surface area contributed by atoms with Crippen LogP contribution in [0.1, 0.15) is 12.8 Å². The molecule has 1 aliphatic rings. The van der Waals surface area contributed by atoms with Gasteiger partial charge in [-0.25, -0.2) is 9.59 Å². The molecule has 0 radical (unpaired) electrons. The number of carboxylic acid groups (broad SMARTS) is 2. The lowest BCUT2D eigenvalue weighted by atomic mass is 10.2. The summed E-state index contributed by atoms with van der Waals surface area (Å²) in [7, 11) is 1.46. The maximum absolute atomic E-state index is 10.6.